The smallest absolute Gasteiger partial charge is 0.230 e. The zero-order valence-electron chi connectivity index (χ0n) is 12.1. The lowest BCUT2D eigenvalue weighted by atomic mass is 9.96. The molecule has 0 radical (unpaired) electrons. The second-order valence-corrected chi connectivity index (χ2v) is 6.47. The summed E-state index contributed by atoms with van der Waals surface area (Å²) in [5.41, 5.74) is 1.51. The normalized spacial score (nSPS) is 15.7. The molecule has 1 N–H and O–H groups in total. The molecule has 1 amide bonds. The summed E-state index contributed by atoms with van der Waals surface area (Å²) in [6, 6.07) is 10.5. The Balaban J connectivity index is 1.49. The van der Waals surface area contributed by atoms with E-state index in [0.717, 1.165) is 24.5 Å². The molecular weight excluding hydrogens is 282 g/mol. The summed E-state index contributed by atoms with van der Waals surface area (Å²) in [6.45, 7) is 0.733. The van der Waals surface area contributed by atoms with Crippen LogP contribution in [0.1, 0.15) is 18.4 Å². The van der Waals surface area contributed by atoms with E-state index in [1.54, 1.807) is 6.20 Å². The number of aromatic nitrogens is 2. The Bertz CT molecular complexity index is 619. The molecule has 0 saturated heterocycles. The zero-order valence-corrected chi connectivity index (χ0v) is 12.9. The van der Waals surface area contributed by atoms with Crippen molar-refractivity contribution < 1.29 is 4.79 Å². The quantitative estimate of drug-likeness (QED) is 0.833. The molecule has 0 bridgehead atoms. The summed E-state index contributed by atoms with van der Waals surface area (Å²) in [4.78, 5) is 16.2. The van der Waals surface area contributed by atoms with Crippen LogP contribution < -0.4 is 5.32 Å². The Hall–Kier alpha value is -1.75. The first-order valence-electron chi connectivity index (χ1n) is 7.12. The second kappa shape index (κ2) is 5.93. The van der Waals surface area contributed by atoms with E-state index in [2.05, 4.69) is 34.6 Å². The van der Waals surface area contributed by atoms with Gasteiger partial charge in [0.25, 0.3) is 0 Å². The van der Waals surface area contributed by atoms with Gasteiger partial charge in [0.2, 0.25) is 5.91 Å². The lowest BCUT2D eigenvalue weighted by Gasteiger charge is -2.16. The number of benzene rings is 1. The molecule has 0 aliphatic heterocycles. The highest BCUT2D eigenvalue weighted by molar-refractivity contribution is 7.99. The van der Waals surface area contributed by atoms with Gasteiger partial charge in [0.05, 0.1) is 5.75 Å². The lowest BCUT2D eigenvalue weighted by Crippen LogP contribution is -2.33. The van der Waals surface area contributed by atoms with Crippen molar-refractivity contribution in [1.82, 2.24) is 14.9 Å². The monoisotopic (exact) mass is 301 g/mol. The topological polar surface area (TPSA) is 46.9 Å². The molecule has 1 aromatic heterocycles. The molecular formula is C16H19N3OS. The second-order valence-electron chi connectivity index (χ2n) is 5.53. The van der Waals surface area contributed by atoms with Crippen LogP contribution in [0.2, 0.25) is 0 Å². The maximum Gasteiger partial charge on any atom is 0.230 e. The Morgan fingerprint density at radius 3 is 2.76 bits per heavy atom. The van der Waals surface area contributed by atoms with Crippen LogP contribution in [-0.2, 0) is 17.3 Å². The largest absolute Gasteiger partial charge is 0.354 e. The molecule has 1 heterocycles. The number of rotatable bonds is 6. The van der Waals surface area contributed by atoms with Gasteiger partial charge in [-0.15, -0.1) is 0 Å². The number of carbonyl (C=O) groups excluding carboxylic acids is 1. The first kappa shape index (κ1) is 14.2. The van der Waals surface area contributed by atoms with E-state index in [0.29, 0.717) is 5.75 Å². The first-order valence-corrected chi connectivity index (χ1v) is 8.11. The van der Waals surface area contributed by atoms with E-state index in [9.17, 15) is 4.79 Å². The number of amides is 1. The fraction of sp³-hybridized carbons (Fsp3) is 0.375. The number of imidazole rings is 1. The molecule has 21 heavy (non-hydrogen) atoms. The maximum atomic E-state index is 12.0. The van der Waals surface area contributed by atoms with Crippen molar-refractivity contribution >= 4 is 17.7 Å². The van der Waals surface area contributed by atoms with Gasteiger partial charge < -0.3 is 9.88 Å². The van der Waals surface area contributed by atoms with Crippen LogP contribution in [0.5, 0.6) is 0 Å². The number of nitrogens with zero attached hydrogens (tertiary/aromatic N) is 2. The minimum absolute atomic E-state index is 0.0743. The standard InChI is InChI=1S/C16H19N3OS/c1-19-10-9-17-15(19)21-11-14(20)18-12-16(7-8-16)13-5-3-2-4-6-13/h2-6,9-10H,7-8,11-12H2,1H3,(H,18,20). The van der Waals surface area contributed by atoms with E-state index in [1.165, 1.54) is 17.3 Å². The number of nitrogens with one attached hydrogen (secondary N) is 1. The van der Waals surface area contributed by atoms with Gasteiger partial charge in [-0.05, 0) is 18.4 Å². The number of hydrogen-bond acceptors (Lipinski definition) is 3. The van der Waals surface area contributed by atoms with Crippen LogP contribution >= 0.6 is 11.8 Å². The molecule has 4 nitrogen and oxygen atoms in total. The number of thioether (sulfide) groups is 1. The van der Waals surface area contributed by atoms with Gasteiger partial charge in [-0.1, -0.05) is 42.1 Å². The third-order valence-corrected chi connectivity index (χ3v) is 5.03. The molecule has 1 aliphatic rings. The van der Waals surface area contributed by atoms with Crippen molar-refractivity contribution in [2.45, 2.75) is 23.4 Å². The van der Waals surface area contributed by atoms with Gasteiger partial charge in [-0.25, -0.2) is 4.98 Å². The van der Waals surface area contributed by atoms with Crippen LogP contribution in [-0.4, -0.2) is 27.8 Å². The summed E-state index contributed by atoms with van der Waals surface area (Å²) in [5, 5.41) is 3.94. The molecule has 1 saturated carbocycles. The van der Waals surface area contributed by atoms with Gasteiger partial charge in [-0.2, -0.15) is 0 Å². The molecule has 2 aromatic rings. The summed E-state index contributed by atoms with van der Waals surface area (Å²) in [7, 11) is 1.93. The van der Waals surface area contributed by atoms with Crippen molar-refractivity contribution in [2.24, 2.45) is 7.05 Å². The van der Waals surface area contributed by atoms with Gasteiger partial charge in [0.1, 0.15) is 0 Å². The Morgan fingerprint density at radius 2 is 2.14 bits per heavy atom. The molecule has 1 aliphatic carbocycles. The molecule has 0 atom stereocenters. The Labute approximate surface area is 129 Å². The molecule has 5 heteroatoms. The van der Waals surface area contributed by atoms with Crippen LogP contribution in [0, 0.1) is 0 Å². The fourth-order valence-electron chi connectivity index (χ4n) is 2.45. The third-order valence-electron chi connectivity index (χ3n) is 3.97. The zero-order chi connectivity index (χ0) is 14.7. The van der Waals surface area contributed by atoms with Crippen LogP contribution in [0.3, 0.4) is 0 Å². The predicted molar refractivity (Wildman–Crippen MR) is 84.3 cm³/mol. The summed E-state index contributed by atoms with van der Waals surface area (Å²) >= 11 is 1.47. The number of carbonyl (C=O) groups is 1. The van der Waals surface area contributed by atoms with Crippen LogP contribution in [0.25, 0.3) is 0 Å². The van der Waals surface area contributed by atoms with E-state index < -0.39 is 0 Å². The minimum Gasteiger partial charge on any atom is -0.354 e. The van der Waals surface area contributed by atoms with Crippen LogP contribution in [0.15, 0.2) is 47.9 Å². The van der Waals surface area contributed by atoms with Crippen molar-refractivity contribution in [3.63, 3.8) is 0 Å². The highest BCUT2D eigenvalue weighted by atomic mass is 32.2. The molecule has 0 spiro atoms. The van der Waals surface area contributed by atoms with Crippen molar-refractivity contribution in [1.29, 1.82) is 0 Å². The van der Waals surface area contributed by atoms with Gasteiger partial charge in [-0.3, -0.25) is 4.79 Å². The molecule has 1 fully saturated rings. The van der Waals surface area contributed by atoms with E-state index >= 15 is 0 Å². The Morgan fingerprint density at radius 1 is 1.38 bits per heavy atom. The van der Waals surface area contributed by atoms with Gasteiger partial charge in [0, 0.05) is 31.4 Å². The van der Waals surface area contributed by atoms with Gasteiger partial charge in [0.15, 0.2) is 5.16 Å². The van der Waals surface area contributed by atoms with Crippen molar-refractivity contribution in [2.75, 3.05) is 12.3 Å². The number of aryl methyl sites for hydroxylation is 1. The van der Waals surface area contributed by atoms with Crippen molar-refractivity contribution in [3.8, 4) is 0 Å². The molecule has 3 rings (SSSR count). The SMILES string of the molecule is Cn1ccnc1SCC(=O)NCC1(c2ccccc2)CC1. The summed E-state index contributed by atoms with van der Waals surface area (Å²) in [6.07, 6.45) is 5.94. The summed E-state index contributed by atoms with van der Waals surface area (Å²) in [5.74, 6) is 0.487. The summed E-state index contributed by atoms with van der Waals surface area (Å²) < 4.78 is 1.92. The van der Waals surface area contributed by atoms with E-state index in [-0.39, 0.29) is 11.3 Å². The minimum atomic E-state index is 0.0743. The maximum absolute atomic E-state index is 12.0. The van der Waals surface area contributed by atoms with Gasteiger partial charge >= 0.3 is 0 Å². The van der Waals surface area contributed by atoms with Crippen LogP contribution in [0.4, 0.5) is 0 Å². The number of hydrogen-bond donors (Lipinski definition) is 1. The molecule has 1 aromatic carbocycles. The predicted octanol–water partition coefficient (Wildman–Crippen LogP) is 2.36. The fourth-order valence-corrected chi connectivity index (χ4v) is 3.21. The lowest BCUT2D eigenvalue weighted by molar-refractivity contribution is -0.118. The average molecular weight is 301 g/mol. The van der Waals surface area contributed by atoms with Crippen molar-refractivity contribution in [3.05, 3.63) is 48.3 Å². The Kier molecular flexibility index (Phi) is 4.01. The highest BCUT2D eigenvalue weighted by Gasteiger charge is 2.44. The molecule has 0 unspecified atom stereocenters. The average Bonchev–Trinajstić information content (AvgIpc) is 3.20. The third kappa shape index (κ3) is 3.29. The highest BCUT2D eigenvalue weighted by Crippen LogP contribution is 2.47. The first-order chi connectivity index (χ1) is 10.2. The molecule has 110 valence electrons. The van der Waals surface area contributed by atoms with E-state index in [1.807, 2.05) is 23.9 Å². The van der Waals surface area contributed by atoms with E-state index in [4.69, 9.17) is 0 Å².